The number of fused-ring (bicyclic) bond motifs is 1. The molecule has 1 saturated heterocycles. The Hall–Kier alpha value is -2.34. The lowest BCUT2D eigenvalue weighted by Crippen LogP contribution is -2.62. The molecule has 1 unspecified atom stereocenters. The molecule has 6 heteroatoms. The molecule has 1 fully saturated rings. The van der Waals surface area contributed by atoms with Crippen LogP contribution >= 0.6 is 0 Å². The minimum Gasteiger partial charge on any atom is -0.504 e. The number of ether oxygens (including phenoxy) is 2. The molecule has 1 aliphatic heterocycles. The summed E-state index contributed by atoms with van der Waals surface area (Å²) in [6.07, 6.45) is 2.69. The van der Waals surface area contributed by atoms with Crippen molar-refractivity contribution in [3.8, 4) is 11.5 Å². The standard InChI is InChI=1S/C19H21NO5/c1-20-7-6-19-9-12(21)14(25-3)8-11(19)16(20)17(22)10-4-5-13(24-2)18(23)15(10)19/h4-5,8,11,16,23H,6-7,9H2,1-3H3/t11?,16-,19-/m1/s1. The lowest BCUT2D eigenvalue weighted by molar-refractivity contribution is -0.122. The van der Waals surface area contributed by atoms with Crippen molar-refractivity contribution < 1.29 is 24.2 Å². The van der Waals surface area contributed by atoms with E-state index in [1.54, 1.807) is 18.2 Å². The zero-order valence-corrected chi connectivity index (χ0v) is 14.5. The number of allylic oxidation sites excluding steroid dienone is 1. The molecular formula is C19H21NO5. The van der Waals surface area contributed by atoms with Gasteiger partial charge in [-0.3, -0.25) is 14.5 Å². The van der Waals surface area contributed by atoms with E-state index in [0.29, 0.717) is 35.6 Å². The number of nitrogens with zero attached hydrogens (tertiary/aromatic N) is 1. The summed E-state index contributed by atoms with van der Waals surface area (Å²) in [5.74, 6) is 0.271. The number of methoxy groups -OCH3 is 2. The van der Waals surface area contributed by atoms with E-state index in [-0.39, 0.29) is 35.7 Å². The quantitative estimate of drug-likeness (QED) is 0.880. The zero-order valence-electron chi connectivity index (χ0n) is 14.5. The maximum atomic E-state index is 13.2. The van der Waals surface area contributed by atoms with Crippen LogP contribution in [0.5, 0.6) is 11.5 Å². The first-order chi connectivity index (χ1) is 11.9. The van der Waals surface area contributed by atoms with Gasteiger partial charge in [-0.1, -0.05) is 0 Å². The number of piperidine rings is 1. The van der Waals surface area contributed by atoms with Crippen LogP contribution in [-0.4, -0.2) is 55.4 Å². The second-order valence-corrected chi connectivity index (χ2v) is 7.10. The van der Waals surface area contributed by atoms with Crippen LogP contribution in [0.3, 0.4) is 0 Å². The molecule has 3 aliphatic rings. The van der Waals surface area contributed by atoms with E-state index in [9.17, 15) is 14.7 Å². The van der Waals surface area contributed by atoms with Crippen molar-refractivity contribution in [3.05, 3.63) is 35.1 Å². The highest BCUT2D eigenvalue weighted by Crippen LogP contribution is 2.57. The van der Waals surface area contributed by atoms with Crippen LogP contribution in [0.2, 0.25) is 0 Å². The molecule has 2 aliphatic carbocycles. The molecule has 0 amide bonds. The summed E-state index contributed by atoms with van der Waals surface area (Å²) >= 11 is 0. The molecule has 132 valence electrons. The summed E-state index contributed by atoms with van der Waals surface area (Å²) in [5, 5.41) is 10.8. The van der Waals surface area contributed by atoms with E-state index >= 15 is 0 Å². The summed E-state index contributed by atoms with van der Waals surface area (Å²) in [7, 11) is 4.88. The second-order valence-electron chi connectivity index (χ2n) is 7.10. The highest BCUT2D eigenvalue weighted by Gasteiger charge is 2.59. The van der Waals surface area contributed by atoms with Gasteiger partial charge < -0.3 is 14.6 Å². The topological polar surface area (TPSA) is 76.1 Å². The van der Waals surface area contributed by atoms with Crippen LogP contribution in [0.25, 0.3) is 0 Å². The molecule has 1 heterocycles. The Kier molecular flexibility index (Phi) is 3.44. The van der Waals surface area contributed by atoms with Crippen LogP contribution in [0.1, 0.15) is 28.8 Å². The number of phenolic OH excluding ortho intramolecular Hbond substituents is 1. The Labute approximate surface area is 146 Å². The van der Waals surface area contributed by atoms with Crippen molar-refractivity contribution in [3.63, 3.8) is 0 Å². The Morgan fingerprint density at radius 1 is 1.24 bits per heavy atom. The van der Waals surface area contributed by atoms with Gasteiger partial charge in [-0.25, -0.2) is 0 Å². The van der Waals surface area contributed by atoms with Crippen molar-refractivity contribution in [1.82, 2.24) is 4.90 Å². The number of aromatic hydroxyl groups is 1. The molecule has 25 heavy (non-hydrogen) atoms. The van der Waals surface area contributed by atoms with Crippen LogP contribution < -0.4 is 4.74 Å². The van der Waals surface area contributed by atoms with Gasteiger partial charge in [0.05, 0.1) is 20.3 Å². The molecule has 0 spiro atoms. The fourth-order valence-corrected chi connectivity index (χ4v) is 4.88. The first kappa shape index (κ1) is 16.1. The number of benzene rings is 1. The van der Waals surface area contributed by atoms with E-state index < -0.39 is 5.41 Å². The first-order valence-corrected chi connectivity index (χ1v) is 8.38. The average Bonchev–Trinajstić information content (AvgIpc) is 2.60. The number of likely N-dealkylation sites (tertiary alicyclic amines) is 1. The Morgan fingerprint density at radius 3 is 2.68 bits per heavy atom. The number of carbonyl (C=O) groups excluding carboxylic acids is 2. The van der Waals surface area contributed by atoms with Gasteiger partial charge in [0.2, 0.25) is 0 Å². The van der Waals surface area contributed by atoms with Gasteiger partial charge in [-0.15, -0.1) is 0 Å². The highest BCUT2D eigenvalue weighted by atomic mass is 16.5. The van der Waals surface area contributed by atoms with Crippen molar-refractivity contribution in [2.45, 2.75) is 24.3 Å². The monoisotopic (exact) mass is 343 g/mol. The van der Waals surface area contributed by atoms with Gasteiger partial charge in [0.1, 0.15) is 0 Å². The summed E-state index contributed by atoms with van der Waals surface area (Å²) in [5.41, 5.74) is 0.456. The predicted octanol–water partition coefficient (Wildman–Crippen LogP) is 1.66. The normalized spacial score (nSPS) is 31.1. The molecule has 1 N–H and O–H groups in total. The molecule has 0 aromatic heterocycles. The summed E-state index contributed by atoms with van der Waals surface area (Å²) < 4.78 is 10.5. The number of rotatable bonds is 2. The third-order valence-electron chi connectivity index (χ3n) is 6.06. The van der Waals surface area contributed by atoms with Gasteiger partial charge >= 0.3 is 0 Å². The zero-order chi connectivity index (χ0) is 17.9. The number of ketones is 2. The lowest BCUT2D eigenvalue weighted by Gasteiger charge is -2.55. The fourth-order valence-electron chi connectivity index (χ4n) is 4.88. The smallest absolute Gasteiger partial charge is 0.197 e. The van der Waals surface area contributed by atoms with Crippen LogP contribution in [0.15, 0.2) is 24.0 Å². The maximum absolute atomic E-state index is 13.2. The number of likely N-dealkylation sites (N-methyl/N-ethyl adjacent to an activating group) is 1. The van der Waals surface area contributed by atoms with E-state index in [2.05, 4.69) is 0 Å². The SMILES string of the molecule is COC1=CC2[C@@H]3C(=O)c4ccc(OC)c(O)c4[C@]2(CCN3C)CC1=O. The van der Waals surface area contributed by atoms with Crippen LogP contribution in [-0.2, 0) is 14.9 Å². The Balaban J connectivity index is 2.03. The third-order valence-corrected chi connectivity index (χ3v) is 6.06. The van der Waals surface area contributed by atoms with Crippen molar-refractivity contribution in [1.29, 1.82) is 0 Å². The second kappa shape index (κ2) is 5.33. The molecule has 3 atom stereocenters. The lowest BCUT2D eigenvalue weighted by atomic mass is 9.53. The van der Waals surface area contributed by atoms with E-state index in [0.717, 1.165) is 0 Å². The van der Waals surface area contributed by atoms with Gasteiger partial charge in [-0.05, 0) is 38.2 Å². The third kappa shape index (κ3) is 1.94. The number of Topliss-reactive ketones (excluding diaryl/α,β-unsaturated/α-hetero) is 2. The number of hydrogen-bond donors (Lipinski definition) is 1. The van der Waals surface area contributed by atoms with E-state index in [1.165, 1.54) is 14.2 Å². The number of hydrogen-bond acceptors (Lipinski definition) is 6. The minimum atomic E-state index is -0.599. The number of phenols is 1. The Morgan fingerprint density at radius 2 is 2.00 bits per heavy atom. The summed E-state index contributed by atoms with van der Waals surface area (Å²) in [4.78, 5) is 27.8. The summed E-state index contributed by atoms with van der Waals surface area (Å²) in [6, 6.07) is 2.97. The molecule has 4 rings (SSSR count). The number of carbonyl (C=O) groups is 2. The van der Waals surface area contributed by atoms with Gasteiger partial charge in [0.25, 0.3) is 0 Å². The molecule has 0 saturated carbocycles. The largest absolute Gasteiger partial charge is 0.504 e. The first-order valence-electron chi connectivity index (χ1n) is 8.38. The van der Waals surface area contributed by atoms with Crippen LogP contribution in [0.4, 0.5) is 0 Å². The minimum absolute atomic E-state index is 0.0246. The highest BCUT2D eigenvalue weighted by molar-refractivity contribution is 6.06. The molecule has 1 aromatic rings. The summed E-state index contributed by atoms with van der Waals surface area (Å²) in [6.45, 7) is 0.687. The molecule has 0 radical (unpaired) electrons. The van der Waals surface area contributed by atoms with Crippen LogP contribution in [0, 0.1) is 5.92 Å². The molecule has 6 nitrogen and oxygen atoms in total. The average molecular weight is 343 g/mol. The maximum Gasteiger partial charge on any atom is 0.197 e. The Bertz CT molecular complexity index is 814. The van der Waals surface area contributed by atoms with Gasteiger partial charge in [0, 0.05) is 28.9 Å². The predicted molar refractivity (Wildman–Crippen MR) is 89.9 cm³/mol. The molecule has 1 aromatic carbocycles. The van der Waals surface area contributed by atoms with Gasteiger partial charge in [-0.2, -0.15) is 0 Å². The van der Waals surface area contributed by atoms with Crippen molar-refractivity contribution in [2.24, 2.45) is 5.92 Å². The van der Waals surface area contributed by atoms with Crippen molar-refractivity contribution >= 4 is 11.6 Å². The molecular weight excluding hydrogens is 322 g/mol. The van der Waals surface area contributed by atoms with E-state index in [1.807, 2.05) is 11.9 Å². The fraction of sp³-hybridized carbons (Fsp3) is 0.474. The van der Waals surface area contributed by atoms with Gasteiger partial charge in [0.15, 0.2) is 28.8 Å². The molecule has 2 bridgehead atoms. The van der Waals surface area contributed by atoms with E-state index in [4.69, 9.17) is 9.47 Å². The van der Waals surface area contributed by atoms with Crippen molar-refractivity contribution in [2.75, 3.05) is 27.8 Å².